The Labute approximate surface area is 164 Å². The van der Waals surface area contributed by atoms with Crippen molar-refractivity contribution in [3.63, 3.8) is 0 Å². The number of nitrogens with zero attached hydrogens (tertiary/aromatic N) is 1. The van der Waals surface area contributed by atoms with E-state index < -0.39 is 10.0 Å². The van der Waals surface area contributed by atoms with E-state index in [0.29, 0.717) is 12.6 Å². The first-order chi connectivity index (χ1) is 12.9. The second-order valence-electron chi connectivity index (χ2n) is 7.51. The number of primary sulfonamides is 1. The molecule has 0 radical (unpaired) electrons. The summed E-state index contributed by atoms with van der Waals surface area (Å²) < 4.78 is 22.6. The molecule has 1 saturated carbocycles. The minimum absolute atomic E-state index is 0.122. The minimum atomic E-state index is -3.65. The highest BCUT2D eigenvalue weighted by atomic mass is 32.2. The average Bonchev–Trinajstić information content (AvgIpc) is 2.65. The van der Waals surface area contributed by atoms with Crippen LogP contribution in [0, 0.1) is 5.92 Å². The predicted molar refractivity (Wildman–Crippen MR) is 111 cm³/mol. The molecule has 0 amide bonds. The van der Waals surface area contributed by atoms with Gasteiger partial charge in [0, 0.05) is 12.6 Å². The molecule has 152 valence electrons. The molecule has 0 saturated heterocycles. The third kappa shape index (κ3) is 7.89. The normalized spacial score (nSPS) is 17.5. The number of guanidine groups is 1. The molecule has 1 aromatic rings. The van der Waals surface area contributed by atoms with E-state index in [9.17, 15) is 8.42 Å². The van der Waals surface area contributed by atoms with Crippen LogP contribution >= 0.6 is 0 Å². The topological polar surface area (TPSA) is 96.6 Å². The Hall–Kier alpha value is -1.60. The molecule has 1 aliphatic carbocycles. The number of hydrogen-bond donors (Lipinski definition) is 3. The van der Waals surface area contributed by atoms with Gasteiger partial charge in [-0.3, -0.25) is 0 Å². The minimum Gasteiger partial charge on any atom is -0.357 e. The molecule has 4 N–H and O–H groups in total. The molecule has 1 unspecified atom stereocenters. The summed E-state index contributed by atoms with van der Waals surface area (Å²) in [5.41, 5.74) is 0.939. The molecular weight excluding hydrogens is 360 g/mol. The molecule has 7 heteroatoms. The van der Waals surface area contributed by atoms with Crippen LogP contribution in [-0.2, 0) is 16.6 Å². The van der Waals surface area contributed by atoms with E-state index in [2.05, 4.69) is 22.5 Å². The fourth-order valence-corrected chi connectivity index (χ4v) is 4.06. The van der Waals surface area contributed by atoms with Crippen molar-refractivity contribution >= 4 is 16.0 Å². The maximum Gasteiger partial charge on any atom is 0.238 e. The van der Waals surface area contributed by atoms with Crippen LogP contribution < -0.4 is 15.8 Å². The molecule has 0 aliphatic heterocycles. The SMILES string of the molecule is CCNC(=NCc1ccc(S(N)(=O)=O)cc1)NC(C)CCC1CCCCC1. The van der Waals surface area contributed by atoms with Crippen molar-refractivity contribution in [1.29, 1.82) is 0 Å². The van der Waals surface area contributed by atoms with Crippen LogP contribution in [-0.4, -0.2) is 27.0 Å². The summed E-state index contributed by atoms with van der Waals surface area (Å²) in [6.07, 6.45) is 9.38. The number of hydrogen-bond acceptors (Lipinski definition) is 3. The molecule has 0 bridgehead atoms. The van der Waals surface area contributed by atoms with E-state index in [1.54, 1.807) is 12.1 Å². The molecule has 0 heterocycles. The van der Waals surface area contributed by atoms with Gasteiger partial charge in [-0.1, -0.05) is 44.2 Å². The number of rotatable bonds is 8. The van der Waals surface area contributed by atoms with Gasteiger partial charge in [0.15, 0.2) is 5.96 Å². The zero-order chi connectivity index (χ0) is 19.7. The lowest BCUT2D eigenvalue weighted by Crippen LogP contribution is -2.42. The van der Waals surface area contributed by atoms with Gasteiger partial charge in [-0.2, -0.15) is 0 Å². The molecule has 27 heavy (non-hydrogen) atoms. The molecule has 1 fully saturated rings. The van der Waals surface area contributed by atoms with Gasteiger partial charge in [0.2, 0.25) is 10.0 Å². The molecule has 1 aromatic carbocycles. The first-order valence-electron chi connectivity index (χ1n) is 10.0. The maximum absolute atomic E-state index is 11.3. The van der Waals surface area contributed by atoms with Gasteiger partial charge in [-0.15, -0.1) is 0 Å². The van der Waals surface area contributed by atoms with Crippen LogP contribution in [0.1, 0.15) is 64.4 Å². The molecule has 1 aliphatic rings. The van der Waals surface area contributed by atoms with Gasteiger partial charge < -0.3 is 10.6 Å². The van der Waals surface area contributed by atoms with Crippen LogP contribution in [0.25, 0.3) is 0 Å². The third-order valence-electron chi connectivity index (χ3n) is 5.13. The van der Waals surface area contributed by atoms with Crippen molar-refractivity contribution in [2.75, 3.05) is 6.54 Å². The first-order valence-corrected chi connectivity index (χ1v) is 11.6. The van der Waals surface area contributed by atoms with Gasteiger partial charge in [0.1, 0.15) is 0 Å². The fourth-order valence-electron chi connectivity index (χ4n) is 3.54. The number of aliphatic imine (C=N–C) groups is 1. The van der Waals surface area contributed by atoms with Gasteiger partial charge in [0.05, 0.1) is 11.4 Å². The van der Waals surface area contributed by atoms with Crippen LogP contribution in [0.4, 0.5) is 0 Å². The monoisotopic (exact) mass is 394 g/mol. The highest BCUT2D eigenvalue weighted by Crippen LogP contribution is 2.27. The zero-order valence-electron chi connectivity index (χ0n) is 16.6. The number of sulfonamides is 1. The maximum atomic E-state index is 11.3. The van der Waals surface area contributed by atoms with Gasteiger partial charge in [-0.05, 0) is 50.3 Å². The molecule has 6 nitrogen and oxygen atoms in total. The highest BCUT2D eigenvalue weighted by molar-refractivity contribution is 7.89. The van der Waals surface area contributed by atoms with Crippen molar-refractivity contribution in [1.82, 2.24) is 10.6 Å². The molecular formula is C20H34N4O2S. The van der Waals surface area contributed by atoms with Crippen molar-refractivity contribution in [3.05, 3.63) is 29.8 Å². The lowest BCUT2D eigenvalue weighted by atomic mass is 9.85. The fraction of sp³-hybridized carbons (Fsp3) is 0.650. The van der Waals surface area contributed by atoms with Gasteiger partial charge in [0.25, 0.3) is 0 Å². The van der Waals surface area contributed by atoms with Crippen molar-refractivity contribution in [2.24, 2.45) is 16.0 Å². The van der Waals surface area contributed by atoms with Crippen LogP contribution in [0.5, 0.6) is 0 Å². The summed E-state index contributed by atoms with van der Waals surface area (Å²) in [6, 6.07) is 6.91. The lowest BCUT2D eigenvalue weighted by Gasteiger charge is -2.24. The molecule has 1 atom stereocenters. The van der Waals surface area contributed by atoms with Crippen LogP contribution in [0.3, 0.4) is 0 Å². The van der Waals surface area contributed by atoms with E-state index in [-0.39, 0.29) is 4.90 Å². The van der Waals surface area contributed by atoms with Crippen molar-refractivity contribution in [3.8, 4) is 0 Å². The summed E-state index contributed by atoms with van der Waals surface area (Å²) in [7, 11) is -3.65. The second-order valence-corrected chi connectivity index (χ2v) is 9.07. The highest BCUT2D eigenvalue weighted by Gasteiger charge is 2.15. The van der Waals surface area contributed by atoms with Gasteiger partial charge >= 0.3 is 0 Å². The predicted octanol–water partition coefficient (Wildman–Crippen LogP) is 3.14. The summed E-state index contributed by atoms with van der Waals surface area (Å²) >= 11 is 0. The number of nitrogens with two attached hydrogens (primary N) is 1. The summed E-state index contributed by atoms with van der Waals surface area (Å²) in [4.78, 5) is 4.75. The Balaban J connectivity index is 1.87. The summed E-state index contributed by atoms with van der Waals surface area (Å²) in [5, 5.41) is 11.9. The Morgan fingerprint density at radius 2 is 1.89 bits per heavy atom. The lowest BCUT2D eigenvalue weighted by molar-refractivity contribution is 0.322. The molecule has 2 rings (SSSR count). The second kappa shape index (κ2) is 10.7. The van der Waals surface area contributed by atoms with Crippen LogP contribution in [0.2, 0.25) is 0 Å². The van der Waals surface area contributed by atoms with Crippen molar-refractivity contribution in [2.45, 2.75) is 76.3 Å². The first kappa shape index (κ1) is 21.7. The Morgan fingerprint density at radius 1 is 1.22 bits per heavy atom. The zero-order valence-corrected chi connectivity index (χ0v) is 17.4. The number of benzene rings is 1. The smallest absolute Gasteiger partial charge is 0.238 e. The van der Waals surface area contributed by atoms with E-state index in [4.69, 9.17) is 5.14 Å². The number of nitrogens with one attached hydrogen (secondary N) is 2. The van der Waals surface area contributed by atoms with Crippen molar-refractivity contribution < 1.29 is 8.42 Å². The summed E-state index contributed by atoms with van der Waals surface area (Å²) in [5.74, 6) is 1.68. The molecule has 0 aromatic heterocycles. The third-order valence-corrected chi connectivity index (χ3v) is 6.06. The Morgan fingerprint density at radius 3 is 2.48 bits per heavy atom. The largest absolute Gasteiger partial charge is 0.357 e. The Bertz CT molecular complexity index is 695. The average molecular weight is 395 g/mol. The Kier molecular flexibility index (Phi) is 8.57. The summed E-state index contributed by atoms with van der Waals surface area (Å²) in [6.45, 7) is 5.53. The van der Waals surface area contributed by atoms with Gasteiger partial charge in [-0.25, -0.2) is 18.5 Å². The van der Waals surface area contributed by atoms with E-state index in [1.165, 1.54) is 50.7 Å². The standard InChI is InChI=1S/C20H34N4O2S/c1-3-22-20(24-16(2)9-10-17-7-5-4-6-8-17)23-15-18-11-13-19(14-12-18)27(21,25)26/h11-14,16-17H,3-10,15H2,1-2H3,(H2,21,25,26)(H2,22,23,24). The quantitative estimate of drug-likeness (QED) is 0.466. The van der Waals surface area contributed by atoms with E-state index >= 15 is 0 Å². The van der Waals surface area contributed by atoms with E-state index in [1.807, 2.05) is 6.92 Å². The van der Waals surface area contributed by atoms with Crippen LogP contribution in [0.15, 0.2) is 34.2 Å². The molecule has 0 spiro atoms. The van der Waals surface area contributed by atoms with E-state index in [0.717, 1.165) is 30.4 Å².